The minimum Gasteiger partial charge on any atom is -0.372 e. The number of hydrogen-bond acceptors (Lipinski definition) is 5. The molecule has 8 heteroatoms. The zero-order valence-electron chi connectivity index (χ0n) is 10.4. The smallest absolute Gasteiger partial charge is 0.252 e. The van der Waals surface area contributed by atoms with E-state index >= 15 is 0 Å². The van der Waals surface area contributed by atoms with Crippen molar-refractivity contribution < 1.29 is 14.3 Å². The largest absolute Gasteiger partial charge is 0.372 e. The first kappa shape index (κ1) is 15.2. The maximum absolute atomic E-state index is 11.7. The monoisotopic (exact) mass is 286 g/mol. The fourth-order valence-corrected chi connectivity index (χ4v) is 1.52. The van der Waals surface area contributed by atoms with Crippen LogP contribution >= 0.6 is 11.6 Å². The molecule has 0 saturated heterocycles. The van der Waals surface area contributed by atoms with Crippen LogP contribution in [0.3, 0.4) is 0 Å². The number of halogens is 1. The Morgan fingerprint density at radius 3 is 2.84 bits per heavy atom. The fourth-order valence-electron chi connectivity index (χ4n) is 1.26. The Bertz CT molecular complexity index is 467. The van der Waals surface area contributed by atoms with Crippen molar-refractivity contribution in [3.8, 4) is 0 Å². The van der Waals surface area contributed by atoms with Gasteiger partial charge in [-0.1, -0.05) is 11.6 Å². The molecule has 0 aliphatic rings. The quantitative estimate of drug-likeness (QED) is 0.612. The Kier molecular flexibility index (Phi) is 6.04. The van der Waals surface area contributed by atoms with Crippen LogP contribution in [0.5, 0.6) is 0 Å². The number of nitrogens with one attached hydrogen (secondary N) is 2. The third-order valence-electron chi connectivity index (χ3n) is 2.12. The average Bonchev–Trinajstić information content (AvgIpc) is 2.37. The van der Waals surface area contributed by atoms with Crippen LogP contribution < -0.4 is 16.4 Å². The van der Waals surface area contributed by atoms with Crippen molar-refractivity contribution in [1.29, 1.82) is 0 Å². The summed E-state index contributed by atoms with van der Waals surface area (Å²) in [7, 11) is 1.68. The van der Waals surface area contributed by atoms with Crippen molar-refractivity contribution in [3.05, 3.63) is 22.8 Å². The van der Waals surface area contributed by atoms with E-state index in [1.54, 1.807) is 7.05 Å². The van der Waals surface area contributed by atoms with Gasteiger partial charge < -0.3 is 21.1 Å². The summed E-state index contributed by atoms with van der Waals surface area (Å²) in [6.45, 7) is 0.294. The van der Waals surface area contributed by atoms with Gasteiger partial charge in [-0.05, 0) is 6.07 Å². The number of pyridine rings is 1. The lowest BCUT2D eigenvalue weighted by Gasteiger charge is -2.07. The molecule has 104 valence electrons. The fraction of sp³-hybridized carbons (Fsp3) is 0.364. The topological polar surface area (TPSA) is 106 Å². The predicted octanol–water partition coefficient (Wildman–Crippen LogP) is 0.00840. The van der Waals surface area contributed by atoms with Gasteiger partial charge in [-0.3, -0.25) is 9.59 Å². The highest BCUT2D eigenvalue weighted by Crippen LogP contribution is 2.19. The number of carbonyl (C=O) groups excluding carboxylic acids is 2. The second-order valence-corrected chi connectivity index (χ2v) is 3.99. The predicted molar refractivity (Wildman–Crippen MR) is 71.1 cm³/mol. The number of hydrogen-bond donors (Lipinski definition) is 3. The van der Waals surface area contributed by atoms with E-state index in [0.717, 1.165) is 0 Å². The Morgan fingerprint density at radius 2 is 2.26 bits per heavy atom. The molecule has 1 aromatic heterocycles. The molecule has 0 unspecified atom stereocenters. The van der Waals surface area contributed by atoms with E-state index in [1.807, 2.05) is 0 Å². The Balaban J connectivity index is 2.41. The summed E-state index contributed by atoms with van der Waals surface area (Å²) >= 11 is 5.91. The Morgan fingerprint density at radius 1 is 1.53 bits per heavy atom. The van der Waals surface area contributed by atoms with E-state index in [2.05, 4.69) is 15.6 Å². The second kappa shape index (κ2) is 7.55. The molecule has 1 aromatic rings. The van der Waals surface area contributed by atoms with Gasteiger partial charge in [0.2, 0.25) is 5.91 Å². The molecule has 0 spiro atoms. The van der Waals surface area contributed by atoms with Crippen molar-refractivity contribution >= 4 is 29.2 Å². The van der Waals surface area contributed by atoms with Crippen molar-refractivity contribution in [2.75, 3.05) is 32.1 Å². The molecule has 0 aromatic carbocycles. The van der Waals surface area contributed by atoms with Gasteiger partial charge in [-0.15, -0.1) is 0 Å². The number of nitrogens with zero attached hydrogens (tertiary/aromatic N) is 1. The first-order valence-corrected chi connectivity index (χ1v) is 5.90. The van der Waals surface area contributed by atoms with Crippen molar-refractivity contribution in [2.45, 2.75) is 0 Å². The van der Waals surface area contributed by atoms with Crippen molar-refractivity contribution in [1.82, 2.24) is 10.3 Å². The van der Waals surface area contributed by atoms with Crippen LogP contribution in [0.25, 0.3) is 0 Å². The number of aromatic nitrogens is 1. The van der Waals surface area contributed by atoms with Gasteiger partial charge >= 0.3 is 0 Å². The molecule has 19 heavy (non-hydrogen) atoms. The third-order valence-corrected chi connectivity index (χ3v) is 2.40. The number of rotatable bonds is 7. The summed E-state index contributed by atoms with van der Waals surface area (Å²) in [4.78, 5) is 26.1. The van der Waals surface area contributed by atoms with Crippen LogP contribution in [-0.2, 0) is 9.53 Å². The van der Waals surface area contributed by atoms with E-state index in [-0.39, 0.29) is 25.7 Å². The van der Waals surface area contributed by atoms with Crippen LogP contribution in [0.15, 0.2) is 12.3 Å². The standard InChI is InChI=1S/C11H15ClN4O3/c1-14-10-8(12)4-7(5-16-10)11(18)15-2-3-19-6-9(13)17/h4-5H,2-3,6H2,1H3,(H2,13,17)(H,14,16)(H,15,18). The number of ether oxygens (including phenoxy) is 1. The first-order valence-electron chi connectivity index (χ1n) is 5.52. The molecule has 0 atom stereocenters. The summed E-state index contributed by atoms with van der Waals surface area (Å²) in [6, 6.07) is 1.51. The maximum atomic E-state index is 11.7. The summed E-state index contributed by atoms with van der Waals surface area (Å²) in [5, 5.41) is 5.76. The van der Waals surface area contributed by atoms with E-state index in [0.29, 0.717) is 16.4 Å². The highest BCUT2D eigenvalue weighted by atomic mass is 35.5. The van der Waals surface area contributed by atoms with Gasteiger partial charge in [0.1, 0.15) is 12.4 Å². The molecule has 0 aliphatic carbocycles. The molecule has 2 amide bonds. The summed E-state index contributed by atoms with van der Waals surface area (Å²) in [5.74, 6) is -0.368. The second-order valence-electron chi connectivity index (χ2n) is 3.58. The van der Waals surface area contributed by atoms with E-state index in [9.17, 15) is 9.59 Å². The summed E-state index contributed by atoms with van der Waals surface area (Å²) in [6.07, 6.45) is 1.41. The highest BCUT2D eigenvalue weighted by Gasteiger charge is 2.08. The van der Waals surface area contributed by atoms with Gasteiger partial charge in [0.25, 0.3) is 5.91 Å². The van der Waals surface area contributed by atoms with Gasteiger partial charge in [0.15, 0.2) is 0 Å². The van der Waals surface area contributed by atoms with Crippen LogP contribution in [-0.4, -0.2) is 43.6 Å². The summed E-state index contributed by atoms with van der Waals surface area (Å²) < 4.78 is 4.90. The van der Waals surface area contributed by atoms with E-state index in [1.165, 1.54) is 12.3 Å². The molecule has 0 bridgehead atoms. The molecule has 0 aliphatic heterocycles. The van der Waals surface area contributed by atoms with Crippen LogP contribution in [0.4, 0.5) is 5.82 Å². The van der Waals surface area contributed by atoms with E-state index < -0.39 is 5.91 Å². The van der Waals surface area contributed by atoms with Crippen LogP contribution in [0.1, 0.15) is 10.4 Å². The first-order chi connectivity index (χ1) is 9.04. The Hall–Kier alpha value is -1.86. The van der Waals surface area contributed by atoms with E-state index in [4.69, 9.17) is 22.1 Å². The molecule has 0 fully saturated rings. The van der Waals surface area contributed by atoms with Crippen molar-refractivity contribution in [2.24, 2.45) is 5.73 Å². The Labute approximate surface area is 115 Å². The van der Waals surface area contributed by atoms with Crippen LogP contribution in [0, 0.1) is 0 Å². The summed E-state index contributed by atoms with van der Waals surface area (Å²) in [5.41, 5.74) is 5.24. The number of amides is 2. The van der Waals surface area contributed by atoms with Gasteiger partial charge in [-0.25, -0.2) is 4.98 Å². The minimum absolute atomic E-state index is 0.167. The molecule has 1 rings (SSSR count). The average molecular weight is 287 g/mol. The lowest BCUT2D eigenvalue weighted by atomic mass is 10.2. The SMILES string of the molecule is CNc1ncc(C(=O)NCCOCC(N)=O)cc1Cl. The lowest BCUT2D eigenvalue weighted by molar-refractivity contribution is -0.122. The van der Waals surface area contributed by atoms with Gasteiger partial charge in [0.05, 0.1) is 17.2 Å². The molecule has 7 nitrogen and oxygen atoms in total. The van der Waals surface area contributed by atoms with Crippen LogP contribution in [0.2, 0.25) is 5.02 Å². The molecule has 4 N–H and O–H groups in total. The molecule has 0 saturated carbocycles. The molecular weight excluding hydrogens is 272 g/mol. The lowest BCUT2D eigenvalue weighted by Crippen LogP contribution is -2.29. The van der Waals surface area contributed by atoms with Gasteiger partial charge in [-0.2, -0.15) is 0 Å². The zero-order chi connectivity index (χ0) is 14.3. The molecule has 0 radical (unpaired) electrons. The minimum atomic E-state index is -0.551. The maximum Gasteiger partial charge on any atom is 0.252 e. The number of primary amides is 1. The highest BCUT2D eigenvalue weighted by molar-refractivity contribution is 6.33. The number of nitrogens with two attached hydrogens (primary N) is 1. The van der Waals surface area contributed by atoms with Crippen molar-refractivity contribution in [3.63, 3.8) is 0 Å². The molecule has 1 heterocycles. The third kappa shape index (κ3) is 5.11. The number of carbonyl (C=O) groups is 2. The zero-order valence-corrected chi connectivity index (χ0v) is 11.2. The number of anilines is 1. The molecular formula is C11H15ClN4O3. The van der Waals surface area contributed by atoms with Gasteiger partial charge in [0, 0.05) is 19.8 Å². The normalized spacial score (nSPS) is 10.0.